The summed E-state index contributed by atoms with van der Waals surface area (Å²) in [4.78, 5) is 0. The van der Waals surface area contributed by atoms with Crippen molar-refractivity contribution in [2.24, 2.45) is 5.73 Å². The van der Waals surface area contributed by atoms with Crippen LogP contribution in [-0.2, 0) is 9.05 Å². The topological polar surface area (TPSA) is 44.5 Å². The zero-order valence-electron chi connectivity index (χ0n) is 7.38. The number of nitrogens with two attached hydrogens (primary N) is 1. The summed E-state index contributed by atoms with van der Waals surface area (Å²) in [6.07, 6.45) is 4.48. The highest BCUT2D eigenvalue weighted by atomic mass is 31.2. The Bertz CT molecular complexity index is 78.8. The molecule has 0 bridgehead atoms. The second-order valence-corrected chi connectivity index (χ2v) is 4.11. The van der Waals surface area contributed by atoms with Gasteiger partial charge >= 0.3 is 0 Å². The third-order valence-corrected chi connectivity index (χ3v) is 2.95. The van der Waals surface area contributed by atoms with Crippen molar-refractivity contribution in [3.63, 3.8) is 0 Å². The molecule has 0 spiro atoms. The average molecular weight is 179 g/mol. The van der Waals surface area contributed by atoms with E-state index in [0.29, 0.717) is 0 Å². The Labute approximate surface area is 70.2 Å². The molecule has 0 amide bonds. The molecule has 2 N–H and O–H groups in total. The lowest BCUT2D eigenvalue weighted by Crippen LogP contribution is -1.98. The van der Waals surface area contributed by atoms with Gasteiger partial charge in [-0.2, -0.15) is 0 Å². The van der Waals surface area contributed by atoms with Crippen molar-refractivity contribution in [1.82, 2.24) is 0 Å². The van der Waals surface area contributed by atoms with E-state index in [2.05, 4.69) is 0 Å². The summed E-state index contributed by atoms with van der Waals surface area (Å²) in [6.45, 7) is 0.790. The maximum Gasteiger partial charge on any atom is 0.169 e. The van der Waals surface area contributed by atoms with Gasteiger partial charge in [-0.1, -0.05) is 6.42 Å². The molecule has 0 radical (unpaired) electrons. The fourth-order valence-electron chi connectivity index (χ4n) is 0.819. The molecule has 0 atom stereocenters. The Balaban J connectivity index is 3.07. The first-order valence-electron chi connectivity index (χ1n) is 3.91. The van der Waals surface area contributed by atoms with Crippen molar-refractivity contribution in [2.75, 3.05) is 26.9 Å². The molecule has 0 aromatic rings. The summed E-state index contributed by atoms with van der Waals surface area (Å²) in [5.41, 5.74) is 5.35. The van der Waals surface area contributed by atoms with Crippen LogP contribution < -0.4 is 5.73 Å². The van der Waals surface area contributed by atoms with Gasteiger partial charge in [-0.25, -0.2) is 0 Å². The number of hydrogen-bond donors (Lipinski definition) is 1. The summed E-state index contributed by atoms with van der Waals surface area (Å²) in [5.74, 6) is 0. The second kappa shape index (κ2) is 8.41. The largest absolute Gasteiger partial charge is 0.337 e. The molecule has 0 aromatic carbocycles. The standard InChI is InChI=1S/C7H18NO2P/c1-9-11(10-2)7-5-3-4-6-8/h3-8H2,1-2H3. The van der Waals surface area contributed by atoms with Crippen LogP contribution in [-0.4, -0.2) is 26.9 Å². The van der Waals surface area contributed by atoms with Crippen LogP contribution >= 0.6 is 8.38 Å². The maximum absolute atomic E-state index is 5.35. The minimum Gasteiger partial charge on any atom is -0.337 e. The van der Waals surface area contributed by atoms with E-state index in [0.717, 1.165) is 25.5 Å². The van der Waals surface area contributed by atoms with Crippen LogP contribution in [0, 0.1) is 0 Å². The quantitative estimate of drug-likeness (QED) is 0.478. The number of unbranched alkanes of at least 4 members (excludes halogenated alkanes) is 2. The SMILES string of the molecule is COP(CCCCCN)OC. The first kappa shape index (κ1) is 11.3. The van der Waals surface area contributed by atoms with E-state index in [1.54, 1.807) is 14.2 Å². The Kier molecular flexibility index (Phi) is 8.64. The zero-order chi connectivity index (χ0) is 8.53. The monoisotopic (exact) mass is 179 g/mol. The van der Waals surface area contributed by atoms with Crippen LogP contribution in [0.1, 0.15) is 19.3 Å². The van der Waals surface area contributed by atoms with Crippen LogP contribution in [0.15, 0.2) is 0 Å². The minimum atomic E-state index is -0.614. The lowest BCUT2D eigenvalue weighted by atomic mass is 10.2. The zero-order valence-corrected chi connectivity index (χ0v) is 8.27. The Morgan fingerprint density at radius 1 is 1.09 bits per heavy atom. The van der Waals surface area contributed by atoms with Gasteiger partial charge in [-0.15, -0.1) is 0 Å². The summed E-state index contributed by atoms with van der Waals surface area (Å²) in [6, 6.07) is 0. The molecule has 11 heavy (non-hydrogen) atoms. The fraction of sp³-hybridized carbons (Fsp3) is 1.00. The van der Waals surface area contributed by atoms with Crippen molar-refractivity contribution >= 4 is 8.38 Å². The summed E-state index contributed by atoms with van der Waals surface area (Å²) in [5, 5.41) is 0. The van der Waals surface area contributed by atoms with Crippen LogP contribution in [0.3, 0.4) is 0 Å². The van der Waals surface area contributed by atoms with Crippen molar-refractivity contribution < 1.29 is 9.05 Å². The third kappa shape index (κ3) is 6.70. The highest BCUT2D eigenvalue weighted by Crippen LogP contribution is 2.36. The molecule has 0 aliphatic rings. The van der Waals surface area contributed by atoms with Gasteiger partial charge in [-0.3, -0.25) is 0 Å². The Hall–Kier alpha value is 0.310. The van der Waals surface area contributed by atoms with Crippen molar-refractivity contribution in [3.05, 3.63) is 0 Å². The lowest BCUT2D eigenvalue weighted by molar-refractivity contribution is 0.339. The van der Waals surface area contributed by atoms with Crippen molar-refractivity contribution in [1.29, 1.82) is 0 Å². The molecule has 0 aliphatic carbocycles. The van der Waals surface area contributed by atoms with E-state index < -0.39 is 8.38 Å². The van der Waals surface area contributed by atoms with Gasteiger partial charge in [0.05, 0.1) is 0 Å². The fourth-order valence-corrected chi connectivity index (χ4v) is 1.82. The first-order chi connectivity index (χ1) is 5.35. The smallest absolute Gasteiger partial charge is 0.169 e. The van der Waals surface area contributed by atoms with Gasteiger partial charge in [-0.05, 0) is 19.4 Å². The highest BCUT2D eigenvalue weighted by Gasteiger charge is 2.03. The number of rotatable bonds is 7. The molecule has 0 saturated carbocycles. The summed E-state index contributed by atoms with van der Waals surface area (Å²) < 4.78 is 10.2. The Morgan fingerprint density at radius 3 is 2.18 bits per heavy atom. The predicted octanol–water partition coefficient (Wildman–Crippen LogP) is 1.72. The minimum absolute atomic E-state index is 0.614. The van der Waals surface area contributed by atoms with Crippen LogP contribution in [0.5, 0.6) is 0 Å². The van der Waals surface area contributed by atoms with E-state index in [-0.39, 0.29) is 0 Å². The molecule has 68 valence electrons. The molecule has 4 heteroatoms. The molecule has 0 saturated heterocycles. The molecule has 0 rings (SSSR count). The third-order valence-electron chi connectivity index (χ3n) is 1.45. The number of hydrogen-bond acceptors (Lipinski definition) is 3. The van der Waals surface area contributed by atoms with E-state index in [4.69, 9.17) is 14.8 Å². The Morgan fingerprint density at radius 2 is 1.73 bits per heavy atom. The highest BCUT2D eigenvalue weighted by molar-refractivity contribution is 7.47. The summed E-state index contributed by atoms with van der Waals surface area (Å²) >= 11 is 0. The van der Waals surface area contributed by atoms with E-state index in [9.17, 15) is 0 Å². The predicted molar refractivity (Wildman–Crippen MR) is 48.7 cm³/mol. The van der Waals surface area contributed by atoms with Gasteiger partial charge in [0.25, 0.3) is 0 Å². The maximum atomic E-state index is 5.35. The summed E-state index contributed by atoms with van der Waals surface area (Å²) in [7, 11) is 2.77. The van der Waals surface area contributed by atoms with E-state index in [1.807, 2.05) is 0 Å². The molecule has 3 nitrogen and oxygen atoms in total. The van der Waals surface area contributed by atoms with E-state index >= 15 is 0 Å². The van der Waals surface area contributed by atoms with Gasteiger partial charge in [0.1, 0.15) is 0 Å². The molecule has 0 fully saturated rings. The second-order valence-electron chi connectivity index (χ2n) is 2.27. The van der Waals surface area contributed by atoms with Crippen molar-refractivity contribution in [2.45, 2.75) is 19.3 Å². The van der Waals surface area contributed by atoms with Crippen LogP contribution in [0.2, 0.25) is 0 Å². The van der Waals surface area contributed by atoms with Gasteiger partial charge in [0.15, 0.2) is 8.38 Å². The van der Waals surface area contributed by atoms with Crippen molar-refractivity contribution in [3.8, 4) is 0 Å². The molecule has 0 unspecified atom stereocenters. The molecular weight excluding hydrogens is 161 g/mol. The molecule has 0 heterocycles. The normalized spacial score (nSPS) is 10.9. The molecule has 0 aliphatic heterocycles. The van der Waals surface area contributed by atoms with Gasteiger partial charge in [0, 0.05) is 20.4 Å². The van der Waals surface area contributed by atoms with E-state index in [1.165, 1.54) is 6.42 Å². The first-order valence-corrected chi connectivity index (χ1v) is 5.27. The van der Waals surface area contributed by atoms with Crippen LogP contribution in [0.4, 0.5) is 0 Å². The lowest BCUT2D eigenvalue weighted by Gasteiger charge is -2.10. The average Bonchev–Trinajstić information content (AvgIpc) is 2.05. The van der Waals surface area contributed by atoms with Gasteiger partial charge < -0.3 is 14.8 Å². The van der Waals surface area contributed by atoms with Crippen LogP contribution in [0.25, 0.3) is 0 Å². The molecule has 0 aromatic heterocycles. The molecular formula is C7H18NO2P. The van der Waals surface area contributed by atoms with Gasteiger partial charge in [0.2, 0.25) is 0 Å².